The normalized spacial score (nSPS) is 13.5. The second-order valence-corrected chi connectivity index (χ2v) is 4.54. The summed E-state index contributed by atoms with van der Waals surface area (Å²) in [6.07, 6.45) is 1.15. The second-order valence-electron chi connectivity index (χ2n) is 2.98. The third-order valence-corrected chi connectivity index (χ3v) is 3.73. The first kappa shape index (κ1) is 9.76. The Morgan fingerprint density at radius 2 is 2.42 bits per heavy atom. The molecule has 0 aliphatic rings. The highest BCUT2D eigenvalue weighted by Crippen LogP contribution is 2.29. The van der Waals surface area contributed by atoms with E-state index in [1.54, 1.807) is 0 Å². The van der Waals surface area contributed by atoms with Gasteiger partial charge in [-0.25, -0.2) is 0 Å². The Hall–Kier alpha value is -0.330. The minimum absolute atomic E-state index is 0.577. The van der Waals surface area contributed by atoms with Gasteiger partial charge in [-0.2, -0.15) is 0 Å². The van der Waals surface area contributed by atoms with Crippen molar-refractivity contribution in [1.82, 2.24) is 0 Å². The number of hydrogen-bond donors (Lipinski definition) is 1. The number of rotatable bonds is 3. The molecule has 2 N–H and O–H groups in total. The molecule has 0 amide bonds. The third-order valence-electron chi connectivity index (χ3n) is 2.17. The van der Waals surface area contributed by atoms with Crippen molar-refractivity contribution in [1.29, 1.82) is 0 Å². The van der Waals surface area contributed by atoms with Crippen molar-refractivity contribution in [2.24, 2.45) is 5.73 Å². The molecule has 1 aromatic heterocycles. The topological polar surface area (TPSA) is 26.0 Å². The van der Waals surface area contributed by atoms with Crippen LogP contribution in [0.5, 0.6) is 0 Å². The lowest BCUT2D eigenvalue weighted by molar-refractivity contribution is 0.735. The van der Waals surface area contributed by atoms with Crippen molar-refractivity contribution in [3.63, 3.8) is 0 Å². The first-order valence-electron chi connectivity index (χ1n) is 4.13. The van der Waals surface area contributed by atoms with E-state index in [0.717, 1.165) is 6.42 Å². The molecule has 0 radical (unpaired) electrons. The molecule has 1 aromatic rings. The molecular weight excluding hydrogens is 185 g/mol. The molecular formula is C9H14NPS. The zero-order valence-corrected chi connectivity index (χ0v) is 9.24. The number of thiocarbonyl (C=S) groups is 1. The molecule has 2 atom stereocenters. The van der Waals surface area contributed by atoms with E-state index < -0.39 is 0 Å². The number of hydrogen-bond acceptors (Lipinski definition) is 1. The molecule has 12 heavy (non-hydrogen) atoms. The third kappa shape index (κ3) is 1.88. The fourth-order valence-corrected chi connectivity index (χ4v) is 2.59. The van der Waals surface area contributed by atoms with Gasteiger partial charge in [-0.3, -0.25) is 0 Å². The molecule has 2 unspecified atom stereocenters. The highest BCUT2D eigenvalue weighted by atomic mass is 32.1. The maximum absolute atomic E-state index is 5.62. The summed E-state index contributed by atoms with van der Waals surface area (Å²) in [7, 11) is 0.689. The lowest BCUT2D eigenvalue weighted by Gasteiger charge is -2.08. The van der Waals surface area contributed by atoms with E-state index in [-0.39, 0.29) is 0 Å². The molecule has 66 valence electrons. The number of nitrogens with two attached hydrogens (primary N) is 1. The Labute approximate surface area is 80.4 Å². The maximum Gasteiger partial charge on any atom is 0.108 e. The van der Waals surface area contributed by atoms with Crippen LogP contribution in [0.3, 0.4) is 0 Å². The zero-order chi connectivity index (χ0) is 9.14. The van der Waals surface area contributed by atoms with E-state index in [1.165, 1.54) is 10.9 Å². The van der Waals surface area contributed by atoms with Crippen LogP contribution in [0.2, 0.25) is 0 Å². The van der Waals surface area contributed by atoms with Crippen LogP contribution in [0.1, 0.15) is 37.0 Å². The molecule has 0 aliphatic heterocycles. The average molecular weight is 199 g/mol. The summed E-state index contributed by atoms with van der Waals surface area (Å²) < 4.78 is 0. The van der Waals surface area contributed by atoms with Gasteiger partial charge in [0.1, 0.15) is 4.99 Å². The first-order chi connectivity index (χ1) is 5.66. The van der Waals surface area contributed by atoms with E-state index >= 15 is 0 Å². The van der Waals surface area contributed by atoms with Crippen molar-refractivity contribution in [2.75, 3.05) is 0 Å². The summed E-state index contributed by atoms with van der Waals surface area (Å²) in [5.41, 5.74) is 6.97. The SMILES string of the molecule is CCC(C)c1cc[pH]c1C(N)=S. The molecule has 0 aliphatic carbocycles. The summed E-state index contributed by atoms with van der Waals surface area (Å²) in [5.74, 6) is 2.75. The molecule has 0 fully saturated rings. The highest BCUT2D eigenvalue weighted by Gasteiger charge is 2.10. The van der Waals surface area contributed by atoms with E-state index in [2.05, 4.69) is 25.7 Å². The Morgan fingerprint density at radius 1 is 1.75 bits per heavy atom. The summed E-state index contributed by atoms with van der Waals surface area (Å²) in [6, 6.07) is 2.17. The first-order valence-corrected chi connectivity index (χ1v) is 5.62. The van der Waals surface area contributed by atoms with Crippen LogP contribution in [-0.2, 0) is 0 Å². The van der Waals surface area contributed by atoms with Gasteiger partial charge in [0.05, 0.1) is 0 Å². The van der Waals surface area contributed by atoms with Crippen LogP contribution < -0.4 is 5.73 Å². The van der Waals surface area contributed by atoms with Crippen molar-refractivity contribution >= 4 is 25.4 Å². The zero-order valence-electron chi connectivity index (χ0n) is 7.42. The predicted molar refractivity (Wildman–Crippen MR) is 60.5 cm³/mol. The lowest BCUT2D eigenvalue weighted by atomic mass is 9.99. The fourth-order valence-electron chi connectivity index (χ4n) is 1.23. The molecule has 0 bridgehead atoms. The van der Waals surface area contributed by atoms with Gasteiger partial charge < -0.3 is 5.73 Å². The van der Waals surface area contributed by atoms with Gasteiger partial charge in [0, 0.05) is 5.30 Å². The Kier molecular flexibility index (Phi) is 3.30. The van der Waals surface area contributed by atoms with Gasteiger partial charge in [-0.05, 0) is 23.7 Å². The minimum atomic E-state index is 0.577. The van der Waals surface area contributed by atoms with E-state index in [1.807, 2.05) is 0 Å². The van der Waals surface area contributed by atoms with Crippen molar-refractivity contribution in [2.45, 2.75) is 26.2 Å². The van der Waals surface area contributed by atoms with Crippen LogP contribution in [0.15, 0.2) is 11.9 Å². The summed E-state index contributed by atoms with van der Waals surface area (Å²) in [6.45, 7) is 4.40. The average Bonchev–Trinajstić information content (AvgIpc) is 2.50. The molecule has 1 nitrogen and oxygen atoms in total. The van der Waals surface area contributed by atoms with Gasteiger partial charge in [-0.15, -0.1) is 8.19 Å². The summed E-state index contributed by atoms with van der Waals surface area (Å²) in [4.78, 5) is 0.577. The minimum Gasteiger partial charge on any atom is -0.389 e. The van der Waals surface area contributed by atoms with E-state index in [0.29, 0.717) is 19.1 Å². The molecule has 1 rings (SSSR count). The van der Waals surface area contributed by atoms with Gasteiger partial charge in [0.25, 0.3) is 0 Å². The molecule has 0 spiro atoms. The second kappa shape index (κ2) is 4.06. The fraction of sp³-hybridized carbons (Fsp3) is 0.444. The highest BCUT2D eigenvalue weighted by molar-refractivity contribution is 7.81. The van der Waals surface area contributed by atoms with Crippen LogP contribution in [0.25, 0.3) is 0 Å². The Bertz CT molecular complexity index is 280. The predicted octanol–water partition coefficient (Wildman–Crippen LogP) is 2.87. The van der Waals surface area contributed by atoms with Crippen molar-refractivity contribution < 1.29 is 0 Å². The van der Waals surface area contributed by atoms with Gasteiger partial charge in [0.2, 0.25) is 0 Å². The van der Waals surface area contributed by atoms with Crippen molar-refractivity contribution in [3.05, 3.63) is 22.7 Å². The lowest BCUT2D eigenvalue weighted by Crippen LogP contribution is -2.10. The Balaban J connectivity index is 2.98. The quantitative estimate of drug-likeness (QED) is 0.757. The molecule has 0 saturated carbocycles. The summed E-state index contributed by atoms with van der Waals surface area (Å²) >= 11 is 4.99. The van der Waals surface area contributed by atoms with Gasteiger partial charge >= 0.3 is 0 Å². The summed E-state index contributed by atoms with van der Waals surface area (Å²) in [5, 5.41) is 1.19. The standard InChI is InChI=1S/C9H14NPS/c1-3-6(2)7-4-5-11-8(7)9(10)12/h4-6,11H,3H2,1-2H3,(H2,10,12). The molecule has 1 heterocycles. The van der Waals surface area contributed by atoms with Crippen molar-refractivity contribution in [3.8, 4) is 0 Å². The van der Waals surface area contributed by atoms with E-state index in [9.17, 15) is 0 Å². The molecule has 0 saturated heterocycles. The molecule has 0 aromatic carbocycles. The smallest absolute Gasteiger partial charge is 0.108 e. The van der Waals surface area contributed by atoms with Gasteiger partial charge in [-0.1, -0.05) is 32.1 Å². The van der Waals surface area contributed by atoms with Crippen LogP contribution >= 0.6 is 20.4 Å². The monoisotopic (exact) mass is 199 g/mol. The molecule has 3 heteroatoms. The largest absolute Gasteiger partial charge is 0.389 e. The van der Waals surface area contributed by atoms with Gasteiger partial charge in [0.15, 0.2) is 0 Å². The maximum atomic E-state index is 5.62. The van der Waals surface area contributed by atoms with Crippen LogP contribution in [0.4, 0.5) is 0 Å². The van der Waals surface area contributed by atoms with E-state index in [4.69, 9.17) is 18.0 Å². The Morgan fingerprint density at radius 3 is 2.92 bits per heavy atom. The van der Waals surface area contributed by atoms with Crippen LogP contribution in [0, 0.1) is 0 Å². The van der Waals surface area contributed by atoms with Crippen LogP contribution in [-0.4, -0.2) is 4.99 Å².